The summed E-state index contributed by atoms with van der Waals surface area (Å²) in [6.45, 7) is 4.97. The van der Waals surface area contributed by atoms with Crippen molar-refractivity contribution in [3.05, 3.63) is 60.7 Å². The molecule has 0 saturated heterocycles. The molecule has 2 aromatic carbocycles. The summed E-state index contributed by atoms with van der Waals surface area (Å²) in [7, 11) is 1.44. The first kappa shape index (κ1) is 13.7. The summed E-state index contributed by atoms with van der Waals surface area (Å²) in [4.78, 5) is 0.829. The zero-order valence-corrected chi connectivity index (χ0v) is 14.5. The van der Waals surface area contributed by atoms with Crippen LogP contribution in [0.25, 0.3) is 0 Å². The van der Waals surface area contributed by atoms with E-state index in [0.717, 1.165) is 4.91 Å². The Bertz CT molecular complexity index is 427. The molecule has 0 aliphatic rings. The molecule has 0 N–H and O–H groups in total. The zero-order chi connectivity index (χ0) is 13.0. The molecule has 0 aliphatic heterocycles. The molecule has 0 nitrogen and oxygen atoms in total. The lowest BCUT2D eigenvalue weighted by Gasteiger charge is -2.24. The molecule has 94 valence electrons. The number of benzene rings is 2. The lowest BCUT2D eigenvalue weighted by molar-refractivity contribution is 1.64. The van der Waals surface area contributed by atoms with Gasteiger partial charge in [-0.2, -0.15) is 0 Å². The van der Waals surface area contributed by atoms with Crippen molar-refractivity contribution in [1.82, 2.24) is 0 Å². The summed E-state index contributed by atoms with van der Waals surface area (Å²) in [6.07, 6.45) is 0. The van der Waals surface area contributed by atoms with Crippen LogP contribution in [0.3, 0.4) is 0 Å². The van der Waals surface area contributed by atoms with Gasteiger partial charge in [0.1, 0.15) is 0 Å². The highest BCUT2D eigenvalue weighted by atomic mass is 31.0. The summed E-state index contributed by atoms with van der Waals surface area (Å²) < 4.78 is 0. The minimum atomic E-state index is -0.858. The van der Waals surface area contributed by atoms with Crippen molar-refractivity contribution < 1.29 is 0 Å². The van der Waals surface area contributed by atoms with Crippen LogP contribution in [-0.4, -0.2) is 22.5 Å². The van der Waals surface area contributed by atoms with E-state index in [2.05, 4.69) is 83.0 Å². The predicted molar refractivity (Wildman–Crippen MR) is 91.7 cm³/mol. The van der Waals surface area contributed by atoms with Gasteiger partial charge in [-0.1, -0.05) is 84.1 Å². The minimum absolute atomic E-state index is 0.829. The summed E-state index contributed by atoms with van der Waals surface area (Å²) >= 11 is 0. The molecular formula is C15H21PSi2. The van der Waals surface area contributed by atoms with Crippen LogP contribution in [0.4, 0.5) is 0 Å². The van der Waals surface area contributed by atoms with Crippen LogP contribution in [0.1, 0.15) is 0 Å². The topological polar surface area (TPSA) is 0 Å². The van der Waals surface area contributed by atoms with Crippen molar-refractivity contribution in [3.63, 3.8) is 0 Å². The molecule has 2 aromatic rings. The molecule has 0 fully saturated rings. The fraction of sp³-hybridized carbons (Fsp3) is 0.200. The molecular weight excluding hydrogens is 267 g/mol. The van der Waals surface area contributed by atoms with Crippen molar-refractivity contribution in [1.29, 1.82) is 0 Å². The monoisotopic (exact) mass is 288 g/mol. The Morgan fingerprint density at radius 1 is 0.722 bits per heavy atom. The molecule has 0 heterocycles. The molecule has 0 aromatic heterocycles. The van der Waals surface area contributed by atoms with E-state index < -0.39 is 17.6 Å². The maximum Gasteiger partial charge on any atom is 0.0720 e. The minimum Gasteiger partial charge on any atom is -0.140 e. The summed E-state index contributed by atoms with van der Waals surface area (Å²) in [6, 6.07) is 22.1. The van der Waals surface area contributed by atoms with Crippen LogP contribution in [0.5, 0.6) is 0 Å². The SMILES string of the molecule is C[SiH](c1ccccc1)C(P)[SiH](C)c1ccccc1. The lowest BCUT2D eigenvalue weighted by atomic mass is 10.4. The van der Waals surface area contributed by atoms with Crippen molar-refractivity contribution in [2.75, 3.05) is 0 Å². The summed E-state index contributed by atoms with van der Waals surface area (Å²) in [5.74, 6) is 0. The second kappa shape index (κ2) is 6.46. The molecule has 3 atom stereocenters. The van der Waals surface area contributed by atoms with E-state index in [9.17, 15) is 0 Å². The van der Waals surface area contributed by atoms with Crippen LogP contribution < -0.4 is 10.4 Å². The Morgan fingerprint density at radius 3 is 1.39 bits per heavy atom. The maximum atomic E-state index is 3.16. The van der Waals surface area contributed by atoms with Gasteiger partial charge in [-0.25, -0.2) is 0 Å². The number of hydrogen-bond acceptors (Lipinski definition) is 0. The Hall–Kier alpha value is -0.696. The van der Waals surface area contributed by atoms with Gasteiger partial charge in [-0.3, -0.25) is 0 Å². The van der Waals surface area contributed by atoms with Crippen molar-refractivity contribution >= 4 is 37.2 Å². The van der Waals surface area contributed by atoms with E-state index in [0.29, 0.717) is 0 Å². The van der Waals surface area contributed by atoms with Gasteiger partial charge in [0.05, 0.1) is 17.6 Å². The van der Waals surface area contributed by atoms with Gasteiger partial charge in [-0.15, -0.1) is 9.24 Å². The average Bonchev–Trinajstić information content (AvgIpc) is 2.47. The average molecular weight is 288 g/mol. The molecule has 0 saturated carbocycles. The van der Waals surface area contributed by atoms with Gasteiger partial charge in [0.25, 0.3) is 0 Å². The van der Waals surface area contributed by atoms with E-state index in [4.69, 9.17) is 0 Å². The Morgan fingerprint density at radius 2 is 1.06 bits per heavy atom. The first-order valence-electron chi connectivity index (χ1n) is 6.55. The highest BCUT2D eigenvalue weighted by molar-refractivity contribution is 7.31. The highest BCUT2D eigenvalue weighted by Crippen LogP contribution is 2.10. The van der Waals surface area contributed by atoms with Crippen LogP contribution in [0, 0.1) is 0 Å². The van der Waals surface area contributed by atoms with Gasteiger partial charge >= 0.3 is 0 Å². The van der Waals surface area contributed by atoms with Gasteiger partial charge in [0, 0.05) is 0 Å². The van der Waals surface area contributed by atoms with Crippen LogP contribution >= 0.6 is 9.24 Å². The highest BCUT2D eigenvalue weighted by Gasteiger charge is 2.23. The largest absolute Gasteiger partial charge is 0.140 e. The molecule has 0 amide bonds. The third kappa shape index (κ3) is 3.20. The molecule has 3 heteroatoms. The van der Waals surface area contributed by atoms with Gasteiger partial charge in [0.15, 0.2) is 0 Å². The summed E-state index contributed by atoms with van der Waals surface area (Å²) in [5.41, 5.74) is 0. The predicted octanol–water partition coefficient (Wildman–Crippen LogP) is 1.84. The smallest absolute Gasteiger partial charge is 0.0720 e. The van der Waals surface area contributed by atoms with E-state index >= 15 is 0 Å². The Balaban J connectivity index is 2.14. The van der Waals surface area contributed by atoms with Crippen molar-refractivity contribution in [2.45, 2.75) is 18.0 Å². The van der Waals surface area contributed by atoms with E-state index in [1.54, 1.807) is 10.4 Å². The maximum absolute atomic E-state index is 3.16. The fourth-order valence-electron chi connectivity index (χ4n) is 2.39. The van der Waals surface area contributed by atoms with Crippen molar-refractivity contribution in [2.24, 2.45) is 0 Å². The second-order valence-corrected chi connectivity index (χ2v) is 14.1. The number of hydrogen-bond donors (Lipinski definition) is 0. The quantitative estimate of drug-likeness (QED) is 0.595. The Labute approximate surface area is 116 Å². The van der Waals surface area contributed by atoms with Crippen LogP contribution in [-0.2, 0) is 0 Å². The summed E-state index contributed by atoms with van der Waals surface area (Å²) in [5, 5.41) is 3.18. The molecule has 18 heavy (non-hydrogen) atoms. The second-order valence-electron chi connectivity index (χ2n) is 4.98. The van der Waals surface area contributed by atoms with Gasteiger partial charge in [-0.05, 0) is 4.91 Å². The van der Waals surface area contributed by atoms with Crippen molar-refractivity contribution in [3.8, 4) is 0 Å². The van der Waals surface area contributed by atoms with E-state index in [-0.39, 0.29) is 0 Å². The Kier molecular flexibility index (Phi) is 4.93. The standard InChI is InChI=1S/C15H21PSi2/c1-17(13-9-5-3-6-10-13)15(16)18(2)14-11-7-4-8-12-14/h3-12,15,17-18H,16H2,1-2H3. The van der Waals surface area contributed by atoms with Gasteiger partial charge < -0.3 is 0 Å². The lowest BCUT2D eigenvalue weighted by Crippen LogP contribution is -2.49. The molecule has 0 aliphatic carbocycles. The third-order valence-corrected chi connectivity index (χ3v) is 15.9. The first-order chi connectivity index (χ1) is 8.70. The molecule has 3 unspecified atom stereocenters. The van der Waals surface area contributed by atoms with E-state index in [1.807, 2.05) is 0 Å². The van der Waals surface area contributed by atoms with E-state index in [1.165, 1.54) is 0 Å². The molecule has 2 rings (SSSR count). The number of rotatable bonds is 4. The first-order valence-corrected chi connectivity index (χ1v) is 12.0. The molecule has 0 bridgehead atoms. The molecule has 0 radical (unpaired) electrons. The van der Waals surface area contributed by atoms with Gasteiger partial charge in [0.2, 0.25) is 0 Å². The van der Waals surface area contributed by atoms with Crippen LogP contribution in [0.2, 0.25) is 13.1 Å². The third-order valence-electron chi connectivity index (χ3n) is 3.81. The fourth-order valence-corrected chi connectivity index (χ4v) is 11.1. The van der Waals surface area contributed by atoms with Crippen LogP contribution in [0.15, 0.2) is 60.7 Å². The molecule has 0 spiro atoms. The zero-order valence-electron chi connectivity index (χ0n) is 11.1. The normalized spacial score (nSPS) is 15.9.